The van der Waals surface area contributed by atoms with E-state index in [2.05, 4.69) is 31.3 Å². The molecular formula is C25H37NO4. The predicted octanol–water partition coefficient (Wildman–Crippen LogP) is 3.98. The van der Waals surface area contributed by atoms with Crippen molar-refractivity contribution in [1.82, 2.24) is 5.32 Å². The number of hydrogen-bond donors (Lipinski definition) is 2. The maximum Gasteiger partial charge on any atom is 0.119 e. The molecule has 0 radical (unpaired) electrons. The lowest BCUT2D eigenvalue weighted by Crippen LogP contribution is -2.46. The van der Waals surface area contributed by atoms with Crippen LogP contribution in [0.25, 0.3) is 0 Å². The van der Waals surface area contributed by atoms with Crippen molar-refractivity contribution in [2.24, 2.45) is 0 Å². The quantitative estimate of drug-likeness (QED) is 0.457. The number of ether oxygens (including phenoxy) is 3. The number of aliphatic hydroxyl groups excluding tert-OH is 1. The van der Waals surface area contributed by atoms with Gasteiger partial charge < -0.3 is 24.6 Å². The van der Waals surface area contributed by atoms with Gasteiger partial charge in [0.05, 0.1) is 25.9 Å². The Bertz CT molecular complexity index is 701. The third kappa shape index (κ3) is 10.2. The topological polar surface area (TPSA) is 60.0 Å². The largest absolute Gasteiger partial charge is 0.491 e. The van der Waals surface area contributed by atoms with Crippen molar-refractivity contribution in [2.75, 3.05) is 26.4 Å². The van der Waals surface area contributed by atoms with E-state index in [9.17, 15) is 5.11 Å². The Morgan fingerprint density at radius 1 is 0.933 bits per heavy atom. The van der Waals surface area contributed by atoms with Gasteiger partial charge in [-0.2, -0.15) is 0 Å². The summed E-state index contributed by atoms with van der Waals surface area (Å²) >= 11 is 0. The van der Waals surface area contributed by atoms with Crippen molar-refractivity contribution in [3.63, 3.8) is 0 Å². The molecule has 166 valence electrons. The highest BCUT2D eigenvalue weighted by molar-refractivity contribution is 5.27. The van der Waals surface area contributed by atoms with E-state index >= 15 is 0 Å². The van der Waals surface area contributed by atoms with Crippen LogP contribution >= 0.6 is 0 Å². The van der Waals surface area contributed by atoms with Gasteiger partial charge in [0.1, 0.15) is 18.5 Å². The summed E-state index contributed by atoms with van der Waals surface area (Å²) in [7, 11) is 0. The lowest BCUT2D eigenvalue weighted by molar-refractivity contribution is 0.0143. The van der Waals surface area contributed by atoms with Crippen LogP contribution in [0.5, 0.6) is 5.75 Å². The smallest absolute Gasteiger partial charge is 0.119 e. The molecule has 5 nitrogen and oxygen atoms in total. The fourth-order valence-electron chi connectivity index (χ4n) is 3.03. The van der Waals surface area contributed by atoms with Gasteiger partial charge in [0.15, 0.2) is 0 Å². The van der Waals surface area contributed by atoms with Gasteiger partial charge in [-0.3, -0.25) is 0 Å². The Kier molecular flexibility index (Phi) is 10.3. The van der Waals surface area contributed by atoms with E-state index in [1.807, 2.05) is 56.3 Å². The molecule has 0 aromatic heterocycles. The molecule has 2 N–H and O–H groups in total. The number of nitrogens with one attached hydrogen (secondary N) is 1. The predicted molar refractivity (Wildman–Crippen MR) is 121 cm³/mol. The van der Waals surface area contributed by atoms with E-state index in [4.69, 9.17) is 14.2 Å². The lowest BCUT2D eigenvalue weighted by atomic mass is 9.95. The molecule has 1 atom stereocenters. The fraction of sp³-hybridized carbons (Fsp3) is 0.520. The Morgan fingerprint density at radius 2 is 1.63 bits per heavy atom. The first kappa shape index (κ1) is 24.4. The zero-order valence-corrected chi connectivity index (χ0v) is 18.8. The van der Waals surface area contributed by atoms with Gasteiger partial charge >= 0.3 is 0 Å². The second kappa shape index (κ2) is 12.7. The van der Waals surface area contributed by atoms with Crippen LogP contribution in [0.4, 0.5) is 0 Å². The monoisotopic (exact) mass is 415 g/mol. The van der Waals surface area contributed by atoms with Crippen LogP contribution in [-0.4, -0.2) is 49.2 Å². The minimum absolute atomic E-state index is 0.107. The minimum atomic E-state index is -0.580. The van der Waals surface area contributed by atoms with Crippen LogP contribution in [-0.2, 0) is 22.5 Å². The molecule has 0 aliphatic rings. The average molecular weight is 416 g/mol. The average Bonchev–Trinajstić information content (AvgIpc) is 2.71. The normalized spacial score (nSPS) is 12.9. The molecule has 0 fully saturated rings. The lowest BCUT2D eigenvalue weighted by Gasteiger charge is -2.28. The number of β-amino-alcohol motifs (C(OH)–C–C–N with tert-alkyl or cyclic N) is 1. The van der Waals surface area contributed by atoms with Crippen LogP contribution in [0, 0.1) is 0 Å². The van der Waals surface area contributed by atoms with Gasteiger partial charge in [-0.15, -0.1) is 0 Å². The molecule has 0 amide bonds. The second-order valence-corrected chi connectivity index (χ2v) is 8.51. The van der Waals surface area contributed by atoms with E-state index in [0.29, 0.717) is 26.4 Å². The molecule has 0 aliphatic heterocycles. The number of rotatable bonds is 14. The maximum atomic E-state index is 10.3. The Hall–Kier alpha value is -1.92. The van der Waals surface area contributed by atoms with Crippen LogP contribution < -0.4 is 10.1 Å². The molecule has 2 aromatic rings. The van der Waals surface area contributed by atoms with Crippen molar-refractivity contribution >= 4 is 0 Å². The van der Waals surface area contributed by atoms with E-state index < -0.39 is 6.10 Å². The summed E-state index contributed by atoms with van der Waals surface area (Å²) in [5, 5.41) is 13.7. The Labute approximate surface area is 181 Å². The zero-order chi connectivity index (χ0) is 21.8. The molecule has 0 aliphatic carbocycles. The van der Waals surface area contributed by atoms with Crippen LogP contribution in [0.1, 0.15) is 38.8 Å². The fourth-order valence-corrected chi connectivity index (χ4v) is 3.03. The van der Waals surface area contributed by atoms with Gasteiger partial charge in [-0.05, 0) is 57.4 Å². The summed E-state index contributed by atoms with van der Waals surface area (Å²) < 4.78 is 16.8. The van der Waals surface area contributed by atoms with Crippen LogP contribution in [0.2, 0.25) is 0 Å². The standard InChI is InChI=1S/C25H37NO4/c1-20(2)29-15-14-28-18-22-10-12-24(13-11-22)30-19-23(27)17-26-25(3,4)16-21-8-6-5-7-9-21/h5-13,20,23,26-27H,14-19H2,1-4H3. The molecule has 0 bridgehead atoms. The molecule has 30 heavy (non-hydrogen) atoms. The van der Waals surface area contributed by atoms with E-state index in [-0.39, 0.29) is 18.2 Å². The summed E-state index contributed by atoms with van der Waals surface area (Å²) in [6.45, 7) is 10.8. The van der Waals surface area contributed by atoms with Crippen molar-refractivity contribution in [3.8, 4) is 5.75 Å². The van der Waals surface area contributed by atoms with E-state index in [0.717, 1.165) is 17.7 Å². The number of aliphatic hydroxyl groups is 1. The van der Waals surface area contributed by atoms with Crippen molar-refractivity contribution < 1.29 is 19.3 Å². The highest BCUT2D eigenvalue weighted by atomic mass is 16.5. The summed E-state index contributed by atoms with van der Waals surface area (Å²) in [6.07, 6.45) is 0.545. The molecule has 2 rings (SSSR count). The molecule has 5 heteroatoms. The first-order valence-corrected chi connectivity index (χ1v) is 10.7. The minimum Gasteiger partial charge on any atom is -0.491 e. The Morgan fingerprint density at radius 3 is 2.30 bits per heavy atom. The first-order chi connectivity index (χ1) is 14.3. The second-order valence-electron chi connectivity index (χ2n) is 8.51. The number of benzene rings is 2. The van der Waals surface area contributed by atoms with Crippen LogP contribution in [0.3, 0.4) is 0 Å². The molecular weight excluding hydrogens is 378 g/mol. The summed E-state index contributed by atoms with van der Waals surface area (Å²) in [5.74, 6) is 0.740. The third-order valence-electron chi connectivity index (χ3n) is 4.62. The zero-order valence-electron chi connectivity index (χ0n) is 18.8. The number of hydrogen-bond acceptors (Lipinski definition) is 5. The summed E-state index contributed by atoms with van der Waals surface area (Å²) in [4.78, 5) is 0. The van der Waals surface area contributed by atoms with Crippen molar-refractivity contribution in [1.29, 1.82) is 0 Å². The highest BCUT2D eigenvalue weighted by Gasteiger charge is 2.19. The molecule has 1 unspecified atom stereocenters. The Balaban J connectivity index is 1.64. The maximum absolute atomic E-state index is 10.3. The van der Waals surface area contributed by atoms with Gasteiger partial charge in [0, 0.05) is 12.1 Å². The SMILES string of the molecule is CC(C)OCCOCc1ccc(OCC(O)CNC(C)(C)Cc2ccccc2)cc1. The molecule has 0 saturated heterocycles. The van der Waals surface area contributed by atoms with Gasteiger partial charge in [-0.25, -0.2) is 0 Å². The van der Waals surface area contributed by atoms with Crippen molar-refractivity contribution in [2.45, 2.75) is 58.5 Å². The summed E-state index contributed by atoms with van der Waals surface area (Å²) in [5.41, 5.74) is 2.25. The molecule has 0 spiro atoms. The summed E-state index contributed by atoms with van der Waals surface area (Å²) in [6, 6.07) is 18.1. The molecule has 2 aromatic carbocycles. The van der Waals surface area contributed by atoms with Crippen LogP contribution in [0.15, 0.2) is 54.6 Å². The van der Waals surface area contributed by atoms with Gasteiger partial charge in [0.25, 0.3) is 0 Å². The van der Waals surface area contributed by atoms with E-state index in [1.165, 1.54) is 5.56 Å². The van der Waals surface area contributed by atoms with E-state index in [1.54, 1.807) is 0 Å². The molecule has 0 saturated carbocycles. The third-order valence-corrected chi connectivity index (χ3v) is 4.62. The molecule has 0 heterocycles. The van der Waals surface area contributed by atoms with Gasteiger partial charge in [-0.1, -0.05) is 42.5 Å². The highest BCUT2D eigenvalue weighted by Crippen LogP contribution is 2.14. The van der Waals surface area contributed by atoms with Crippen molar-refractivity contribution in [3.05, 3.63) is 65.7 Å². The van der Waals surface area contributed by atoms with Gasteiger partial charge in [0.2, 0.25) is 0 Å². The first-order valence-electron chi connectivity index (χ1n) is 10.7.